The zero-order valence-corrected chi connectivity index (χ0v) is 16.2. The van der Waals surface area contributed by atoms with Gasteiger partial charge in [-0.3, -0.25) is 19.3 Å². The van der Waals surface area contributed by atoms with Crippen LogP contribution in [-0.2, 0) is 9.59 Å². The summed E-state index contributed by atoms with van der Waals surface area (Å²) in [5.41, 5.74) is 0.251. The number of nitrogens with zero attached hydrogens (tertiary/aromatic N) is 1. The number of imide groups is 1. The largest absolute Gasteiger partial charge is 0.493 e. The molecule has 0 radical (unpaired) electrons. The molecule has 0 aliphatic carbocycles. The summed E-state index contributed by atoms with van der Waals surface area (Å²) in [6, 6.07) is 5.17. The number of hydrogen-bond acceptors (Lipinski definition) is 6. The minimum absolute atomic E-state index is 0.255. The van der Waals surface area contributed by atoms with Crippen molar-refractivity contribution in [1.29, 1.82) is 0 Å². The van der Waals surface area contributed by atoms with E-state index >= 15 is 0 Å². The Bertz CT molecular complexity index is 767. The van der Waals surface area contributed by atoms with Crippen molar-refractivity contribution in [2.24, 2.45) is 0 Å². The summed E-state index contributed by atoms with van der Waals surface area (Å²) in [5, 5.41) is 2.27. The fourth-order valence-electron chi connectivity index (χ4n) is 2.33. The van der Waals surface area contributed by atoms with Crippen molar-refractivity contribution >= 4 is 34.9 Å². The van der Waals surface area contributed by atoms with Crippen molar-refractivity contribution in [3.05, 3.63) is 28.7 Å². The molecule has 3 amide bonds. The van der Waals surface area contributed by atoms with Crippen molar-refractivity contribution in [1.82, 2.24) is 10.2 Å². The van der Waals surface area contributed by atoms with E-state index in [1.807, 2.05) is 20.8 Å². The van der Waals surface area contributed by atoms with Gasteiger partial charge in [0.15, 0.2) is 11.5 Å². The number of carbonyl (C=O) groups excluding carboxylic acids is 3. The molecule has 2 rings (SSSR count). The summed E-state index contributed by atoms with van der Waals surface area (Å²) in [5.74, 6) is 0.215. The quantitative estimate of drug-likeness (QED) is 0.793. The first-order valence-corrected chi connectivity index (χ1v) is 8.74. The molecule has 0 aromatic heterocycles. The maximum atomic E-state index is 12.5. The van der Waals surface area contributed by atoms with Crippen molar-refractivity contribution < 1.29 is 23.9 Å². The first-order chi connectivity index (χ1) is 12.1. The van der Waals surface area contributed by atoms with Gasteiger partial charge in [-0.1, -0.05) is 6.07 Å². The van der Waals surface area contributed by atoms with Crippen LogP contribution in [0, 0.1) is 0 Å². The third-order valence-electron chi connectivity index (χ3n) is 3.40. The van der Waals surface area contributed by atoms with Crippen LogP contribution in [0.3, 0.4) is 0 Å². The summed E-state index contributed by atoms with van der Waals surface area (Å²) in [6.07, 6.45) is 1.59. The minimum Gasteiger partial charge on any atom is -0.493 e. The van der Waals surface area contributed by atoms with Gasteiger partial charge in [0.2, 0.25) is 5.91 Å². The zero-order valence-electron chi connectivity index (χ0n) is 15.4. The van der Waals surface area contributed by atoms with Gasteiger partial charge < -0.3 is 14.8 Å². The number of methoxy groups -OCH3 is 2. The van der Waals surface area contributed by atoms with Crippen LogP contribution < -0.4 is 14.8 Å². The summed E-state index contributed by atoms with van der Waals surface area (Å²) in [4.78, 5) is 37.8. The molecule has 1 aliphatic rings. The lowest BCUT2D eigenvalue weighted by molar-refractivity contribution is -0.130. The van der Waals surface area contributed by atoms with Crippen molar-refractivity contribution in [2.75, 3.05) is 20.8 Å². The molecule has 7 nitrogen and oxygen atoms in total. The predicted octanol–water partition coefficient (Wildman–Crippen LogP) is 2.65. The number of hydrogen-bond donors (Lipinski definition) is 1. The topological polar surface area (TPSA) is 84.9 Å². The second-order valence-electron chi connectivity index (χ2n) is 6.68. The van der Waals surface area contributed by atoms with Crippen LogP contribution in [0.1, 0.15) is 26.3 Å². The number of carbonyl (C=O) groups is 3. The zero-order chi connectivity index (χ0) is 19.5. The molecule has 0 spiro atoms. The Morgan fingerprint density at radius 1 is 1.19 bits per heavy atom. The molecule has 1 N–H and O–H groups in total. The van der Waals surface area contributed by atoms with E-state index in [9.17, 15) is 14.4 Å². The van der Waals surface area contributed by atoms with E-state index in [2.05, 4.69) is 5.32 Å². The molecule has 1 saturated heterocycles. The summed E-state index contributed by atoms with van der Waals surface area (Å²) in [7, 11) is 3.05. The molecular weight excluding hydrogens is 356 g/mol. The van der Waals surface area contributed by atoms with Crippen LogP contribution in [-0.4, -0.2) is 48.3 Å². The first kappa shape index (κ1) is 19.8. The van der Waals surface area contributed by atoms with Gasteiger partial charge >= 0.3 is 0 Å². The highest BCUT2D eigenvalue weighted by atomic mass is 32.2. The fourth-order valence-corrected chi connectivity index (χ4v) is 3.17. The van der Waals surface area contributed by atoms with Gasteiger partial charge in [0.1, 0.15) is 6.54 Å². The molecule has 0 saturated carbocycles. The Morgan fingerprint density at radius 3 is 2.42 bits per heavy atom. The Labute approximate surface area is 156 Å². The van der Waals surface area contributed by atoms with Gasteiger partial charge in [0.25, 0.3) is 11.1 Å². The molecule has 140 valence electrons. The van der Waals surface area contributed by atoms with E-state index in [1.165, 1.54) is 14.2 Å². The molecular formula is C18H22N2O5S. The number of amides is 3. The van der Waals surface area contributed by atoms with E-state index in [0.717, 1.165) is 16.7 Å². The molecule has 0 bridgehead atoms. The molecule has 0 atom stereocenters. The normalized spacial score (nSPS) is 16.2. The maximum absolute atomic E-state index is 12.5. The number of nitrogens with one attached hydrogen (secondary N) is 1. The molecule has 1 heterocycles. The van der Waals surface area contributed by atoms with E-state index < -0.39 is 16.7 Å². The second-order valence-corrected chi connectivity index (χ2v) is 7.67. The van der Waals surface area contributed by atoms with Crippen LogP contribution in [0.25, 0.3) is 6.08 Å². The predicted molar refractivity (Wildman–Crippen MR) is 100 cm³/mol. The molecule has 1 aliphatic heterocycles. The standard InChI is InChI=1S/C18H22N2O5S/c1-18(2,3)19-15(21)10-20-16(22)14(26-17(20)23)9-11-6-7-12(24-4)13(8-11)25-5/h6-9H,10H2,1-5H3,(H,19,21)/b14-9+. The monoisotopic (exact) mass is 378 g/mol. The average molecular weight is 378 g/mol. The Morgan fingerprint density at radius 2 is 1.85 bits per heavy atom. The third-order valence-corrected chi connectivity index (χ3v) is 4.30. The molecule has 1 aromatic rings. The number of benzene rings is 1. The van der Waals surface area contributed by atoms with Gasteiger partial charge in [-0.2, -0.15) is 0 Å². The van der Waals surface area contributed by atoms with Crippen LogP contribution in [0.15, 0.2) is 23.1 Å². The SMILES string of the molecule is COc1ccc(/C=C2/SC(=O)N(CC(=O)NC(C)(C)C)C2=O)cc1OC. The molecule has 0 unspecified atom stereocenters. The highest BCUT2D eigenvalue weighted by molar-refractivity contribution is 8.18. The Kier molecular flexibility index (Phi) is 5.97. The lowest BCUT2D eigenvalue weighted by atomic mass is 10.1. The van der Waals surface area contributed by atoms with Gasteiger partial charge in [0, 0.05) is 5.54 Å². The minimum atomic E-state index is -0.487. The molecule has 1 fully saturated rings. The highest BCUT2D eigenvalue weighted by Gasteiger charge is 2.36. The van der Waals surface area contributed by atoms with Crippen LogP contribution >= 0.6 is 11.8 Å². The summed E-state index contributed by atoms with van der Waals surface area (Å²) in [6.45, 7) is 5.19. The Balaban J connectivity index is 2.17. The van der Waals surface area contributed by atoms with Gasteiger partial charge in [-0.15, -0.1) is 0 Å². The van der Waals surface area contributed by atoms with Gasteiger partial charge in [0.05, 0.1) is 19.1 Å². The summed E-state index contributed by atoms with van der Waals surface area (Å²) < 4.78 is 10.4. The van der Waals surface area contributed by atoms with Crippen LogP contribution in [0.4, 0.5) is 4.79 Å². The highest BCUT2D eigenvalue weighted by Crippen LogP contribution is 2.34. The Hall–Kier alpha value is -2.48. The van der Waals surface area contributed by atoms with Crippen molar-refractivity contribution in [3.8, 4) is 11.5 Å². The third kappa shape index (κ3) is 4.78. The number of thioether (sulfide) groups is 1. The number of ether oxygens (including phenoxy) is 2. The van der Waals surface area contributed by atoms with E-state index in [1.54, 1.807) is 24.3 Å². The molecule has 1 aromatic carbocycles. The molecule has 26 heavy (non-hydrogen) atoms. The van der Waals surface area contributed by atoms with Crippen molar-refractivity contribution in [2.45, 2.75) is 26.3 Å². The van der Waals surface area contributed by atoms with Gasteiger partial charge in [-0.05, 0) is 56.3 Å². The second kappa shape index (κ2) is 7.82. The number of rotatable bonds is 5. The van der Waals surface area contributed by atoms with E-state index in [0.29, 0.717) is 17.1 Å². The summed E-state index contributed by atoms with van der Waals surface area (Å²) >= 11 is 0.806. The average Bonchev–Trinajstić information content (AvgIpc) is 2.80. The van der Waals surface area contributed by atoms with Gasteiger partial charge in [-0.25, -0.2) is 0 Å². The van der Waals surface area contributed by atoms with Crippen LogP contribution in [0.2, 0.25) is 0 Å². The first-order valence-electron chi connectivity index (χ1n) is 7.93. The van der Waals surface area contributed by atoms with Crippen molar-refractivity contribution in [3.63, 3.8) is 0 Å². The lowest BCUT2D eigenvalue weighted by Gasteiger charge is -2.22. The molecule has 8 heteroatoms. The van der Waals surface area contributed by atoms with E-state index in [-0.39, 0.29) is 17.4 Å². The smallest absolute Gasteiger partial charge is 0.294 e. The lowest BCUT2D eigenvalue weighted by Crippen LogP contribution is -2.46. The van der Waals surface area contributed by atoms with E-state index in [4.69, 9.17) is 9.47 Å². The maximum Gasteiger partial charge on any atom is 0.294 e. The fraction of sp³-hybridized carbons (Fsp3) is 0.389. The van der Waals surface area contributed by atoms with Crippen LogP contribution in [0.5, 0.6) is 11.5 Å².